The smallest absolute Gasteiger partial charge is 0.311 e. The monoisotopic (exact) mass is 293 g/mol. The molecule has 0 bridgehead atoms. The van der Waals surface area contributed by atoms with E-state index < -0.39 is 11.4 Å². The largest absolute Gasteiger partial charge is 0.494 e. The Morgan fingerprint density at radius 3 is 2.24 bits per heavy atom. The molecule has 6 nitrogen and oxygen atoms in total. The summed E-state index contributed by atoms with van der Waals surface area (Å²) in [6.45, 7) is 2.52. The maximum absolute atomic E-state index is 11.6. The number of carbonyl (C=O) groups is 2. The van der Waals surface area contributed by atoms with E-state index in [4.69, 9.17) is 14.6 Å². The van der Waals surface area contributed by atoms with Gasteiger partial charge in [-0.05, 0) is 44.0 Å². The van der Waals surface area contributed by atoms with Crippen LogP contribution in [0.3, 0.4) is 0 Å². The second-order valence-electron chi connectivity index (χ2n) is 5.06. The summed E-state index contributed by atoms with van der Waals surface area (Å²) in [5.41, 5.74) is -0.755. The van der Waals surface area contributed by atoms with Crippen molar-refractivity contribution in [3.8, 4) is 11.5 Å². The normalized spacial score (nSPS) is 15.1. The van der Waals surface area contributed by atoms with Crippen LogP contribution in [0.2, 0.25) is 0 Å². The summed E-state index contributed by atoms with van der Waals surface area (Å²) in [6, 6.07) is 6.97. The van der Waals surface area contributed by atoms with Crippen LogP contribution in [0.1, 0.15) is 19.8 Å². The Hall–Kier alpha value is -2.24. The van der Waals surface area contributed by atoms with E-state index >= 15 is 0 Å². The summed E-state index contributed by atoms with van der Waals surface area (Å²) in [5, 5.41) is 11.6. The van der Waals surface area contributed by atoms with Crippen LogP contribution < -0.4 is 14.8 Å². The quantitative estimate of drug-likeness (QED) is 0.757. The molecule has 0 atom stereocenters. The van der Waals surface area contributed by atoms with Crippen molar-refractivity contribution < 1.29 is 24.2 Å². The van der Waals surface area contributed by atoms with Gasteiger partial charge in [-0.25, -0.2) is 0 Å². The minimum Gasteiger partial charge on any atom is -0.494 e. The zero-order chi connectivity index (χ0) is 15.3. The number of rotatable bonds is 8. The number of amides is 1. The highest BCUT2D eigenvalue weighted by Crippen LogP contribution is 2.45. The van der Waals surface area contributed by atoms with Crippen LogP contribution in [0.15, 0.2) is 24.3 Å². The van der Waals surface area contributed by atoms with Gasteiger partial charge in [-0.1, -0.05) is 0 Å². The molecule has 1 aromatic carbocycles. The molecule has 0 unspecified atom stereocenters. The van der Waals surface area contributed by atoms with Gasteiger partial charge in [0.1, 0.15) is 11.5 Å². The predicted octanol–water partition coefficient (Wildman–Crippen LogP) is 1.45. The highest BCUT2D eigenvalue weighted by atomic mass is 16.5. The maximum atomic E-state index is 11.6. The first-order valence-corrected chi connectivity index (χ1v) is 6.91. The molecule has 1 fully saturated rings. The Morgan fingerprint density at radius 2 is 1.76 bits per heavy atom. The average molecular weight is 293 g/mol. The van der Waals surface area contributed by atoms with Gasteiger partial charge >= 0.3 is 5.97 Å². The number of benzene rings is 1. The predicted molar refractivity (Wildman–Crippen MR) is 75.4 cm³/mol. The van der Waals surface area contributed by atoms with Crippen LogP contribution in [0.4, 0.5) is 0 Å². The molecule has 0 heterocycles. The van der Waals surface area contributed by atoms with Crippen molar-refractivity contribution in [1.29, 1.82) is 0 Å². The third-order valence-electron chi connectivity index (χ3n) is 3.44. The van der Waals surface area contributed by atoms with Crippen molar-refractivity contribution in [2.75, 3.05) is 19.8 Å². The lowest BCUT2D eigenvalue weighted by molar-refractivity contribution is -0.143. The van der Waals surface area contributed by atoms with Gasteiger partial charge in [-0.15, -0.1) is 0 Å². The van der Waals surface area contributed by atoms with Gasteiger partial charge in [-0.2, -0.15) is 0 Å². The molecule has 6 heteroatoms. The lowest BCUT2D eigenvalue weighted by Crippen LogP contribution is -2.36. The lowest BCUT2D eigenvalue weighted by atomic mass is 10.1. The summed E-state index contributed by atoms with van der Waals surface area (Å²) in [4.78, 5) is 22.6. The number of hydrogen-bond acceptors (Lipinski definition) is 4. The van der Waals surface area contributed by atoms with Crippen molar-refractivity contribution in [3.63, 3.8) is 0 Å². The molecule has 2 N–H and O–H groups in total. The van der Waals surface area contributed by atoms with Crippen LogP contribution in [0, 0.1) is 5.41 Å². The number of hydrogen-bond donors (Lipinski definition) is 2. The fraction of sp³-hybridized carbons (Fsp3) is 0.467. The Balaban J connectivity index is 1.72. The summed E-state index contributed by atoms with van der Waals surface area (Å²) in [6.07, 6.45) is 1.23. The van der Waals surface area contributed by atoms with Gasteiger partial charge in [0.05, 0.1) is 12.0 Å². The first-order chi connectivity index (χ1) is 10.1. The molecule has 2 rings (SSSR count). The van der Waals surface area contributed by atoms with Crippen LogP contribution in [0.5, 0.6) is 11.5 Å². The van der Waals surface area contributed by atoms with E-state index in [0.717, 1.165) is 5.75 Å². The number of aliphatic carboxylic acids is 1. The fourth-order valence-electron chi connectivity index (χ4n) is 1.88. The van der Waals surface area contributed by atoms with Crippen molar-refractivity contribution in [2.24, 2.45) is 5.41 Å². The molecular weight excluding hydrogens is 274 g/mol. The van der Waals surface area contributed by atoms with E-state index in [1.54, 1.807) is 24.3 Å². The van der Waals surface area contributed by atoms with Crippen LogP contribution in [-0.2, 0) is 9.59 Å². The highest BCUT2D eigenvalue weighted by Gasteiger charge is 2.50. The number of carboxylic acid groups (broad SMARTS) is 1. The Kier molecular flexibility index (Phi) is 4.67. The Bertz CT molecular complexity index is 507. The molecule has 0 aliphatic heterocycles. The minimum atomic E-state index is -0.852. The van der Waals surface area contributed by atoms with E-state index in [0.29, 0.717) is 25.2 Å². The molecule has 1 saturated carbocycles. The van der Waals surface area contributed by atoms with Crippen LogP contribution >= 0.6 is 0 Å². The molecule has 0 aromatic heterocycles. The van der Waals surface area contributed by atoms with Gasteiger partial charge in [0.15, 0.2) is 6.61 Å². The van der Waals surface area contributed by atoms with Crippen molar-refractivity contribution in [3.05, 3.63) is 24.3 Å². The maximum Gasteiger partial charge on any atom is 0.311 e. The number of carboxylic acids is 1. The number of ether oxygens (including phenoxy) is 2. The van der Waals surface area contributed by atoms with Gasteiger partial charge in [0.25, 0.3) is 5.91 Å². The highest BCUT2D eigenvalue weighted by molar-refractivity contribution is 5.81. The molecule has 0 spiro atoms. The molecule has 1 aliphatic carbocycles. The second kappa shape index (κ2) is 6.47. The average Bonchev–Trinajstić information content (AvgIpc) is 3.26. The molecule has 1 aromatic rings. The Morgan fingerprint density at radius 1 is 1.19 bits per heavy atom. The van der Waals surface area contributed by atoms with E-state index in [1.807, 2.05) is 6.92 Å². The topological polar surface area (TPSA) is 84.9 Å². The molecule has 0 saturated heterocycles. The fourth-order valence-corrected chi connectivity index (χ4v) is 1.88. The van der Waals surface area contributed by atoms with Crippen LogP contribution in [0.25, 0.3) is 0 Å². The first-order valence-electron chi connectivity index (χ1n) is 6.91. The van der Waals surface area contributed by atoms with Crippen molar-refractivity contribution in [1.82, 2.24) is 5.32 Å². The second-order valence-corrected chi connectivity index (χ2v) is 5.06. The van der Waals surface area contributed by atoms with Crippen LogP contribution in [-0.4, -0.2) is 36.7 Å². The zero-order valence-electron chi connectivity index (χ0n) is 11.9. The zero-order valence-corrected chi connectivity index (χ0v) is 11.9. The number of nitrogens with one attached hydrogen (secondary N) is 1. The van der Waals surface area contributed by atoms with Crippen molar-refractivity contribution in [2.45, 2.75) is 19.8 Å². The summed E-state index contributed by atoms with van der Waals surface area (Å²) < 4.78 is 10.6. The van der Waals surface area contributed by atoms with Crippen molar-refractivity contribution >= 4 is 11.9 Å². The molecule has 1 aliphatic rings. The summed E-state index contributed by atoms with van der Waals surface area (Å²) in [5.74, 6) is 0.131. The van der Waals surface area contributed by atoms with Gasteiger partial charge in [0.2, 0.25) is 0 Å². The third kappa shape index (κ3) is 4.11. The molecule has 114 valence electrons. The molecular formula is C15H19NO5. The van der Waals surface area contributed by atoms with Gasteiger partial charge < -0.3 is 19.9 Å². The lowest BCUT2D eigenvalue weighted by Gasteiger charge is -2.12. The number of carbonyl (C=O) groups excluding carboxylic acids is 1. The molecule has 0 radical (unpaired) electrons. The SMILES string of the molecule is CCOc1ccc(OCC(=O)NCC2(C(=O)O)CC2)cc1. The van der Waals surface area contributed by atoms with E-state index in [-0.39, 0.29) is 19.1 Å². The summed E-state index contributed by atoms with van der Waals surface area (Å²) in [7, 11) is 0. The minimum absolute atomic E-state index is 0.135. The molecule has 21 heavy (non-hydrogen) atoms. The first kappa shape index (κ1) is 15.2. The third-order valence-corrected chi connectivity index (χ3v) is 3.44. The van der Waals surface area contributed by atoms with E-state index in [2.05, 4.69) is 5.32 Å². The molecule has 1 amide bonds. The Labute approximate surface area is 123 Å². The standard InChI is InChI=1S/C15H19NO5/c1-2-20-11-3-5-12(6-4-11)21-9-13(17)16-10-15(7-8-15)14(18)19/h3-6H,2,7-10H2,1H3,(H,16,17)(H,18,19). The van der Waals surface area contributed by atoms with E-state index in [9.17, 15) is 9.59 Å². The van der Waals surface area contributed by atoms with E-state index in [1.165, 1.54) is 0 Å². The summed E-state index contributed by atoms with van der Waals surface area (Å²) >= 11 is 0. The van der Waals surface area contributed by atoms with Gasteiger partial charge in [0, 0.05) is 6.54 Å². The van der Waals surface area contributed by atoms with Gasteiger partial charge in [-0.3, -0.25) is 9.59 Å².